The monoisotopic (exact) mass is 529 g/mol. The molecule has 0 aliphatic carbocycles. The van der Waals surface area contributed by atoms with Gasteiger partial charge in [0.1, 0.15) is 23.3 Å². The number of amides is 4. The summed E-state index contributed by atoms with van der Waals surface area (Å²) < 4.78 is 10.8. The van der Waals surface area contributed by atoms with Crippen LogP contribution in [0.2, 0.25) is 0 Å². The van der Waals surface area contributed by atoms with Crippen LogP contribution in [0.1, 0.15) is 33.6 Å². The van der Waals surface area contributed by atoms with Crippen LogP contribution in [0.4, 0.5) is 21.1 Å². The summed E-state index contributed by atoms with van der Waals surface area (Å²) in [4.78, 5) is 53.4. The van der Waals surface area contributed by atoms with Crippen molar-refractivity contribution in [2.24, 2.45) is 0 Å². The SMILES string of the molecule is COc1cc(N2C(=O)N(c3ccc(-c4ccccc4)cc3)C(=O)C23CCN(C(=O)OC(C)(C)C)CC3)ncn1. The van der Waals surface area contributed by atoms with E-state index in [1.807, 2.05) is 42.5 Å². The first-order chi connectivity index (χ1) is 18.6. The maximum Gasteiger partial charge on any atom is 0.410 e. The van der Waals surface area contributed by atoms with E-state index >= 15 is 0 Å². The molecule has 3 aromatic rings. The van der Waals surface area contributed by atoms with Crippen LogP contribution in [0.3, 0.4) is 0 Å². The quantitative estimate of drug-likeness (QED) is 0.443. The number of carbonyl (C=O) groups is 3. The van der Waals surface area contributed by atoms with Crippen molar-refractivity contribution in [3.63, 3.8) is 0 Å². The number of nitrogens with zero attached hydrogens (tertiary/aromatic N) is 5. The van der Waals surface area contributed by atoms with Crippen molar-refractivity contribution >= 4 is 29.5 Å². The van der Waals surface area contributed by atoms with E-state index in [1.54, 1.807) is 37.8 Å². The number of anilines is 2. The molecule has 2 fully saturated rings. The topological polar surface area (TPSA) is 105 Å². The normalized spacial score (nSPS) is 17.1. The zero-order chi connectivity index (χ0) is 27.8. The van der Waals surface area contributed by atoms with E-state index in [0.717, 1.165) is 11.1 Å². The highest BCUT2D eigenvalue weighted by atomic mass is 16.6. The van der Waals surface area contributed by atoms with Gasteiger partial charge in [-0.15, -0.1) is 0 Å². The highest BCUT2D eigenvalue weighted by molar-refractivity contribution is 6.30. The van der Waals surface area contributed by atoms with Crippen LogP contribution in [-0.2, 0) is 9.53 Å². The number of methoxy groups -OCH3 is 1. The van der Waals surface area contributed by atoms with Gasteiger partial charge >= 0.3 is 12.1 Å². The number of aromatic nitrogens is 2. The molecule has 1 aromatic heterocycles. The van der Waals surface area contributed by atoms with Gasteiger partial charge in [-0.3, -0.25) is 9.69 Å². The number of benzene rings is 2. The molecule has 0 bridgehead atoms. The Hall–Kier alpha value is -4.47. The Bertz CT molecular complexity index is 1380. The molecule has 0 unspecified atom stereocenters. The first-order valence-corrected chi connectivity index (χ1v) is 12.8. The van der Waals surface area contributed by atoms with Gasteiger partial charge in [-0.05, 0) is 56.9 Å². The highest BCUT2D eigenvalue weighted by Crippen LogP contribution is 2.42. The van der Waals surface area contributed by atoms with Crippen molar-refractivity contribution in [1.29, 1.82) is 0 Å². The van der Waals surface area contributed by atoms with Crippen molar-refractivity contribution in [1.82, 2.24) is 14.9 Å². The molecule has 10 nitrogen and oxygen atoms in total. The second-order valence-corrected chi connectivity index (χ2v) is 10.6. The summed E-state index contributed by atoms with van der Waals surface area (Å²) in [6.45, 7) is 5.91. The van der Waals surface area contributed by atoms with Crippen molar-refractivity contribution in [3.05, 3.63) is 67.0 Å². The Balaban J connectivity index is 1.49. The number of rotatable bonds is 4. The van der Waals surface area contributed by atoms with E-state index < -0.39 is 23.3 Å². The largest absolute Gasteiger partial charge is 0.481 e. The zero-order valence-electron chi connectivity index (χ0n) is 22.5. The number of urea groups is 1. The number of ether oxygens (including phenoxy) is 2. The number of carbonyl (C=O) groups excluding carboxylic acids is 3. The third-order valence-corrected chi connectivity index (χ3v) is 6.95. The molecule has 0 atom stereocenters. The van der Waals surface area contributed by atoms with Crippen molar-refractivity contribution in [2.45, 2.75) is 44.8 Å². The molecular formula is C29H31N5O5. The Morgan fingerprint density at radius 2 is 1.56 bits per heavy atom. The lowest BCUT2D eigenvalue weighted by Gasteiger charge is -2.41. The van der Waals surface area contributed by atoms with E-state index in [2.05, 4.69) is 9.97 Å². The van der Waals surface area contributed by atoms with E-state index in [9.17, 15) is 14.4 Å². The van der Waals surface area contributed by atoms with Gasteiger partial charge < -0.3 is 14.4 Å². The molecule has 10 heteroatoms. The average Bonchev–Trinajstić information content (AvgIpc) is 3.14. The molecule has 4 amide bonds. The minimum Gasteiger partial charge on any atom is -0.481 e. The van der Waals surface area contributed by atoms with Gasteiger partial charge in [0.2, 0.25) is 5.88 Å². The van der Waals surface area contributed by atoms with Gasteiger partial charge in [0, 0.05) is 19.2 Å². The maximum atomic E-state index is 14.1. The molecule has 202 valence electrons. The summed E-state index contributed by atoms with van der Waals surface area (Å²) in [5, 5.41) is 0. The minimum atomic E-state index is -1.23. The summed E-state index contributed by atoms with van der Waals surface area (Å²) in [5.41, 5.74) is 0.590. The van der Waals surface area contributed by atoms with Crippen LogP contribution >= 0.6 is 0 Å². The minimum absolute atomic E-state index is 0.224. The average molecular weight is 530 g/mol. The molecular weight excluding hydrogens is 498 g/mol. The fourth-order valence-corrected chi connectivity index (χ4v) is 5.04. The molecule has 3 heterocycles. The number of hydrogen-bond donors (Lipinski definition) is 0. The third-order valence-electron chi connectivity index (χ3n) is 6.95. The summed E-state index contributed by atoms with van der Waals surface area (Å²) in [7, 11) is 1.47. The molecule has 5 rings (SSSR count). The highest BCUT2D eigenvalue weighted by Gasteiger charge is 2.60. The maximum absolute atomic E-state index is 14.1. The summed E-state index contributed by atoms with van der Waals surface area (Å²) >= 11 is 0. The molecule has 2 aliphatic rings. The summed E-state index contributed by atoms with van der Waals surface area (Å²) in [6, 6.07) is 18.2. The fourth-order valence-electron chi connectivity index (χ4n) is 5.04. The Kier molecular flexibility index (Phi) is 6.71. The van der Waals surface area contributed by atoms with E-state index in [0.29, 0.717) is 5.69 Å². The lowest BCUT2D eigenvalue weighted by molar-refractivity contribution is -0.123. The van der Waals surface area contributed by atoms with Crippen molar-refractivity contribution < 1.29 is 23.9 Å². The van der Waals surface area contributed by atoms with Crippen molar-refractivity contribution in [3.8, 4) is 17.0 Å². The second-order valence-electron chi connectivity index (χ2n) is 10.6. The molecule has 2 aliphatic heterocycles. The van der Waals surface area contributed by atoms with Gasteiger partial charge in [-0.25, -0.2) is 24.5 Å². The Morgan fingerprint density at radius 3 is 2.18 bits per heavy atom. The number of likely N-dealkylation sites (tertiary alicyclic amines) is 1. The van der Waals surface area contributed by atoms with Crippen LogP contribution in [0.5, 0.6) is 5.88 Å². The van der Waals surface area contributed by atoms with E-state index in [-0.39, 0.29) is 43.5 Å². The van der Waals surface area contributed by atoms with Gasteiger partial charge in [-0.2, -0.15) is 0 Å². The predicted molar refractivity (Wildman–Crippen MR) is 146 cm³/mol. The number of hydrogen-bond acceptors (Lipinski definition) is 7. The van der Waals surface area contributed by atoms with Gasteiger partial charge in [-0.1, -0.05) is 42.5 Å². The fraction of sp³-hybridized carbons (Fsp3) is 0.345. The van der Waals surface area contributed by atoms with E-state index in [4.69, 9.17) is 9.47 Å². The van der Waals surface area contributed by atoms with Gasteiger partial charge in [0.15, 0.2) is 0 Å². The Morgan fingerprint density at radius 1 is 0.923 bits per heavy atom. The lowest BCUT2D eigenvalue weighted by atomic mass is 9.85. The third kappa shape index (κ3) is 4.89. The van der Waals surface area contributed by atoms with Crippen LogP contribution in [0.25, 0.3) is 11.1 Å². The first-order valence-electron chi connectivity index (χ1n) is 12.8. The first kappa shape index (κ1) is 26.1. The Labute approximate surface area is 227 Å². The zero-order valence-corrected chi connectivity index (χ0v) is 22.5. The summed E-state index contributed by atoms with van der Waals surface area (Å²) in [5.74, 6) is 0.169. The molecule has 2 saturated heterocycles. The van der Waals surface area contributed by atoms with Crippen LogP contribution in [0.15, 0.2) is 67.0 Å². The van der Waals surface area contributed by atoms with Crippen molar-refractivity contribution in [2.75, 3.05) is 30.0 Å². The summed E-state index contributed by atoms with van der Waals surface area (Å²) in [6.07, 6.45) is 1.30. The molecule has 0 radical (unpaired) electrons. The molecule has 0 saturated carbocycles. The molecule has 2 aromatic carbocycles. The van der Waals surface area contributed by atoms with Gasteiger partial charge in [0.05, 0.1) is 12.8 Å². The molecule has 0 N–H and O–H groups in total. The second kappa shape index (κ2) is 10.0. The van der Waals surface area contributed by atoms with Crippen LogP contribution < -0.4 is 14.5 Å². The predicted octanol–water partition coefficient (Wildman–Crippen LogP) is 4.90. The molecule has 39 heavy (non-hydrogen) atoms. The van der Waals surface area contributed by atoms with Gasteiger partial charge in [0.25, 0.3) is 5.91 Å². The smallest absolute Gasteiger partial charge is 0.410 e. The van der Waals surface area contributed by atoms with E-state index in [1.165, 1.54) is 29.3 Å². The lowest BCUT2D eigenvalue weighted by Crippen LogP contribution is -2.58. The number of piperidine rings is 1. The number of imide groups is 1. The van der Waals surface area contributed by atoms with Crippen LogP contribution in [0, 0.1) is 0 Å². The van der Waals surface area contributed by atoms with Crippen LogP contribution in [-0.4, -0.2) is 64.2 Å². The standard InChI is InChI=1S/C29H31N5O5/c1-28(2,3)39-27(37)32-16-14-29(15-17-32)25(35)33(26(36)34(29)23-18-24(38-4)31-19-30-23)22-12-10-21(11-13-22)20-8-6-5-7-9-20/h5-13,18-19H,14-17H2,1-4H3. The molecule has 1 spiro atoms.